The average Bonchev–Trinajstić information content (AvgIpc) is 3.34. The lowest BCUT2D eigenvalue weighted by molar-refractivity contribution is -0.126. The first-order valence-electron chi connectivity index (χ1n) is 10.5. The fraction of sp³-hybridized carbons (Fsp3) is 0.571. The Hall–Kier alpha value is -2.79. The summed E-state index contributed by atoms with van der Waals surface area (Å²) in [5, 5.41) is 10.8. The number of hydrogen-bond acceptors (Lipinski definition) is 7. The summed E-state index contributed by atoms with van der Waals surface area (Å²) in [5.41, 5.74) is 0.759. The number of carbonyl (C=O) groups excluding carboxylic acids is 2. The second kappa shape index (κ2) is 12.9. The van der Waals surface area contributed by atoms with E-state index in [9.17, 15) is 9.59 Å². The van der Waals surface area contributed by atoms with Gasteiger partial charge in [0.2, 0.25) is 5.91 Å². The predicted molar refractivity (Wildman–Crippen MR) is 120 cm³/mol. The van der Waals surface area contributed by atoms with Crippen LogP contribution >= 0.6 is 11.3 Å². The Balaban J connectivity index is 0.00000114. The van der Waals surface area contributed by atoms with Gasteiger partial charge in [0.1, 0.15) is 4.88 Å². The Morgan fingerprint density at radius 2 is 2.19 bits per heavy atom. The van der Waals surface area contributed by atoms with Crippen LogP contribution in [0.4, 0.5) is 0 Å². The van der Waals surface area contributed by atoms with Crippen molar-refractivity contribution in [2.45, 2.75) is 39.7 Å². The molecule has 2 amide bonds. The monoisotopic (exact) mass is 465 g/mol. The topological polar surface area (TPSA) is 127 Å². The van der Waals surface area contributed by atoms with Gasteiger partial charge in [-0.1, -0.05) is 13.8 Å². The number of nitrogens with zero attached hydrogens (tertiary/aromatic N) is 4. The second-order valence-corrected chi connectivity index (χ2v) is 8.73. The number of ether oxygens (including phenoxy) is 1. The first-order chi connectivity index (χ1) is 15.4. The third-order valence-corrected chi connectivity index (χ3v) is 6.32. The van der Waals surface area contributed by atoms with Crippen LogP contribution in [0.25, 0.3) is 0 Å². The molecule has 1 fully saturated rings. The molecule has 1 aliphatic rings. The van der Waals surface area contributed by atoms with Crippen molar-refractivity contribution in [3.63, 3.8) is 0 Å². The molecule has 0 aromatic carbocycles. The normalized spacial score (nSPS) is 16.1. The number of aryl methyl sites for hydroxylation is 2. The number of thiazole rings is 1. The number of rotatable bonds is 7. The summed E-state index contributed by atoms with van der Waals surface area (Å²) in [4.78, 5) is 45.0. The average molecular weight is 466 g/mol. The van der Waals surface area contributed by atoms with Gasteiger partial charge in [-0.2, -0.15) is 0 Å². The van der Waals surface area contributed by atoms with E-state index in [0.717, 1.165) is 23.7 Å². The Morgan fingerprint density at radius 1 is 1.44 bits per heavy atom. The largest absolute Gasteiger partial charge is 0.483 e. The molecule has 11 heteroatoms. The van der Waals surface area contributed by atoms with Crippen LogP contribution in [-0.2, 0) is 20.9 Å². The highest BCUT2D eigenvalue weighted by atomic mass is 32.1. The minimum absolute atomic E-state index is 0.0599. The molecular formula is C21H31N5O5S. The molecule has 0 radical (unpaired) electrons. The van der Waals surface area contributed by atoms with Crippen LogP contribution in [0.3, 0.4) is 0 Å². The molecule has 3 rings (SSSR count). The molecule has 3 heterocycles. The van der Waals surface area contributed by atoms with Crippen LogP contribution in [0.5, 0.6) is 0 Å². The van der Waals surface area contributed by atoms with E-state index in [2.05, 4.69) is 29.1 Å². The van der Waals surface area contributed by atoms with Crippen molar-refractivity contribution in [1.82, 2.24) is 24.8 Å². The summed E-state index contributed by atoms with van der Waals surface area (Å²) in [5.74, 6) is -0.212. The highest BCUT2D eigenvalue weighted by Gasteiger charge is 2.29. The summed E-state index contributed by atoms with van der Waals surface area (Å²) in [6.45, 7) is 8.74. The first-order valence-corrected chi connectivity index (χ1v) is 11.3. The zero-order chi connectivity index (χ0) is 23.5. The molecule has 0 saturated carbocycles. The molecule has 32 heavy (non-hydrogen) atoms. The molecule has 2 aromatic heterocycles. The summed E-state index contributed by atoms with van der Waals surface area (Å²) >= 11 is 1.45. The van der Waals surface area contributed by atoms with Gasteiger partial charge in [-0.25, -0.2) is 9.97 Å². The lowest BCUT2D eigenvalue weighted by atomic mass is 10.1. The van der Waals surface area contributed by atoms with Crippen LogP contribution in [0.1, 0.15) is 46.6 Å². The van der Waals surface area contributed by atoms with Gasteiger partial charge in [0.25, 0.3) is 12.4 Å². The van der Waals surface area contributed by atoms with Crippen molar-refractivity contribution >= 4 is 29.6 Å². The maximum Gasteiger partial charge on any atom is 0.290 e. The molecule has 0 aliphatic carbocycles. The molecule has 2 aromatic rings. The molecule has 1 aliphatic heterocycles. The van der Waals surface area contributed by atoms with E-state index in [1.165, 1.54) is 11.3 Å². The molecule has 2 N–H and O–H groups in total. The van der Waals surface area contributed by atoms with Crippen molar-refractivity contribution in [2.24, 2.45) is 5.92 Å². The van der Waals surface area contributed by atoms with Gasteiger partial charge in [0.05, 0.1) is 36.2 Å². The van der Waals surface area contributed by atoms with Crippen LogP contribution in [0.15, 0.2) is 18.7 Å². The number of aromatic nitrogens is 3. The Bertz CT molecular complexity index is 868. The van der Waals surface area contributed by atoms with E-state index >= 15 is 0 Å². The molecule has 10 nitrogen and oxygen atoms in total. The van der Waals surface area contributed by atoms with Gasteiger partial charge in [-0.05, 0) is 13.3 Å². The molecule has 1 atom stereocenters. The van der Waals surface area contributed by atoms with Gasteiger partial charge in [-0.3, -0.25) is 14.4 Å². The quantitative estimate of drug-likeness (QED) is 0.471. The molecular weight excluding hydrogens is 434 g/mol. The first kappa shape index (κ1) is 25.5. The Labute approximate surface area is 191 Å². The maximum atomic E-state index is 13.1. The molecule has 1 unspecified atom stereocenters. The smallest absolute Gasteiger partial charge is 0.290 e. The van der Waals surface area contributed by atoms with Gasteiger partial charge >= 0.3 is 0 Å². The summed E-state index contributed by atoms with van der Waals surface area (Å²) < 4.78 is 7.58. The number of amides is 2. The zero-order valence-electron chi connectivity index (χ0n) is 18.7. The van der Waals surface area contributed by atoms with Gasteiger partial charge in [0, 0.05) is 44.5 Å². The second-order valence-electron chi connectivity index (χ2n) is 7.69. The van der Waals surface area contributed by atoms with E-state index in [4.69, 9.17) is 14.6 Å². The number of carbonyl (C=O) groups is 3. The molecule has 1 saturated heterocycles. The van der Waals surface area contributed by atoms with Crippen molar-refractivity contribution in [3.8, 4) is 0 Å². The highest BCUT2D eigenvalue weighted by molar-refractivity contribution is 7.13. The zero-order valence-corrected chi connectivity index (χ0v) is 19.5. The van der Waals surface area contributed by atoms with Gasteiger partial charge in [0.15, 0.2) is 0 Å². The van der Waals surface area contributed by atoms with E-state index in [1.54, 1.807) is 17.4 Å². The lowest BCUT2D eigenvalue weighted by Gasteiger charge is -2.23. The molecule has 0 bridgehead atoms. The van der Waals surface area contributed by atoms with E-state index in [-0.39, 0.29) is 30.1 Å². The van der Waals surface area contributed by atoms with Gasteiger partial charge in [-0.15, -0.1) is 11.3 Å². The van der Waals surface area contributed by atoms with E-state index in [1.807, 2.05) is 17.7 Å². The molecule has 0 spiro atoms. The number of hydrogen-bond donors (Lipinski definition) is 2. The van der Waals surface area contributed by atoms with Crippen LogP contribution in [0, 0.1) is 12.8 Å². The fourth-order valence-corrected chi connectivity index (χ4v) is 4.23. The van der Waals surface area contributed by atoms with Crippen LogP contribution in [-0.4, -0.2) is 75.7 Å². The SMILES string of the molecule is Cc1nc(C(C)C)sc1C(=O)N1CCOCC(C(=O)NCCCn2ccnc2)C1.O=CO. The minimum atomic E-state index is -0.368. The highest BCUT2D eigenvalue weighted by Crippen LogP contribution is 2.26. The van der Waals surface area contributed by atoms with Crippen LogP contribution in [0.2, 0.25) is 0 Å². The minimum Gasteiger partial charge on any atom is -0.483 e. The van der Waals surface area contributed by atoms with Crippen LogP contribution < -0.4 is 5.32 Å². The lowest BCUT2D eigenvalue weighted by Crippen LogP contribution is -2.42. The molecule has 176 valence electrons. The van der Waals surface area contributed by atoms with Crippen molar-refractivity contribution in [3.05, 3.63) is 34.3 Å². The van der Waals surface area contributed by atoms with Crippen molar-refractivity contribution in [2.75, 3.05) is 32.8 Å². The van der Waals surface area contributed by atoms with E-state index < -0.39 is 0 Å². The maximum absolute atomic E-state index is 13.1. The van der Waals surface area contributed by atoms with Gasteiger partial charge < -0.3 is 24.6 Å². The fourth-order valence-electron chi connectivity index (χ4n) is 3.20. The summed E-state index contributed by atoms with van der Waals surface area (Å²) in [6, 6.07) is 0. The van der Waals surface area contributed by atoms with Crippen molar-refractivity contribution < 1.29 is 24.2 Å². The Kier molecular flexibility index (Phi) is 10.3. The standard InChI is InChI=1S/C20H29N5O3S.CH2O2/c1-14(2)19-23-15(3)17(29-19)20(27)25-9-10-28-12-16(11-25)18(26)22-5-4-7-24-8-6-21-13-24;2-1-3/h6,8,13-14,16H,4-5,7,9-12H2,1-3H3,(H,22,26);1H,(H,2,3). The van der Waals surface area contributed by atoms with Crippen molar-refractivity contribution in [1.29, 1.82) is 0 Å². The summed E-state index contributed by atoms with van der Waals surface area (Å²) in [6.07, 6.45) is 6.21. The third-order valence-electron chi connectivity index (χ3n) is 4.88. The number of carboxylic acid groups (broad SMARTS) is 1. The Morgan fingerprint density at radius 3 is 2.81 bits per heavy atom. The number of imidazole rings is 1. The summed E-state index contributed by atoms with van der Waals surface area (Å²) in [7, 11) is 0. The predicted octanol–water partition coefficient (Wildman–Crippen LogP) is 1.77. The number of nitrogens with one attached hydrogen (secondary N) is 1. The van der Waals surface area contributed by atoms with E-state index in [0.29, 0.717) is 37.7 Å². The third kappa shape index (κ3) is 7.41.